The van der Waals surface area contributed by atoms with E-state index < -0.39 is 0 Å². The molecule has 0 aliphatic heterocycles. The van der Waals surface area contributed by atoms with Crippen molar-refractivity contribution in [3.63, 3.8) is 0 Å². The number of carbonyl (C=O) groups is 1. The number of rotatable bonds is 11. The van der Waals surface area contributed by atoms with Crippen LogP contribution in [-0.4, -0.2) is 33.0 Å². The molecule has 0 aliphatic rings. The minimum absolute atomic E-state index is 0.127. The average molecular weight is 467 g/mol. The van der Waals surface area contributed by atoms with Crippen molar-refractivity contribution in [3.05, 3.63) is 72.1 Å². The molecule has 1 aromatic heterocycles. The quantitative estimate of drug-likeness (QED) is 0.303. The summed E-state index contributed by atoms with van der Waals surface area (Å²) in [5.74, 6) is 2.31. The first-order valence-corrected chi connectivity index (χ1v) is 11.8. The molecule has 1 atom stereocenters. The van der Waals surface area contributed by atoms with Gasteiger partial charge in [-0.1, -0.05) is 23.9 Å². The molecular formula is C25H30N4O3S. The van der Waals surface area contributed by atoms with Crippen molar-refractivity contribution < 1.29 is 14.3 Å². The number of anilines is 1. The van der Waals surface area contributed by atoms with Gasteiger partial charge in [0, 0.05) is 12.2 Å². The first-order chi connectivity index (χ1) is 15.9. The summed E-state index contributed by atoms with van der Waals surface area (Å²) in [6.45, 7) is 12.9. The molecule has 0 aliphatic carbocycles. The normalized spacial score (nSPS) is 11.6. The summed E-state index contributed by atoms with van der Waals surface area (Å²) in [6, 6.07) is 13.3. The molecule has 0 bridgehead atoms. The smallest absolute Gasteiger partial charge is 0.234 e. The Morgan fingerprint density at radius 2 is 1.88 bits per heavy atom. The number of carbonyl (C=O) groups excluding carboxylic acids is 1. The molecule has 174 valence electrons. The maximum Gasteiger partial charge on any atom is 0.234 e. The lowest BCUT2D eigenvalue weighted by Gasteiger charge is -2.16. The summed E-state index contributed by atoms with van der Waals surface area (Å²) in [7, 11) is 0. The Labute approximate surface area is 199 Å². The van der Waals surface area contributed by atoms with E-state index in [2.05, 4.69) is 35.9 Å². The van der Waals surface area contributed by atoms with Crippen LogP contribution < -0.4 is 14.8 Å². The highest BCUT2D eigenvalue weighted by Crippen LogP contribution is 2.26. The predicted molar refractivity (Wildman–Crippen MR) is 132 cm³/mol. The molecule has 0 fully saturated rings. The van der Waals surface area contributed by atoms with Gasteiger partial charge in [0.1, 0.15) is 11.5 Å². The summed E-state index contributed by atoms with van der Waals surface area (Å²) in [5, 5.41) is 12.2. The van der Waals surface area contributed by atoms with E-state index in [1.54, 1.807) is 6.08 Å². The largest absolute Gasteiger partial charge is 0.494 e. The first kappa shape index (κ1) is 24.4. The number of ether oxygens (including phenoxy) is 2. The molecule has 3 aromatic rings. The summed E-state index contributed by atoms with van der Waals surface area (Å²) >= 11 is 1.32. The molecule has 3 rings (SSSR count). The van der Waals surface area contributed by atoms with E-state index in [4.69, 9.17) is 9.47 Å². The van der Waals surface area contributed by atoms with Crippen LogP contribution in [0.4, 0.5) is 5.69 Å². The van der Waals surface area contributed by atoms with Crippen LogP contribution in [0.15, 0.2) is 60.3 Å². The highest BCUT2D eigenvalue weighted by Gasteiger charge is 2.20. The topological polar surface area (TPSA) is 78.3 Å². The Bertz CT molecular complexity index is 1100. The van der Waals surface area contributed by atoms with Gasteiger partial charge in [-0.05, 0) is 75.2 Å². The molecule has 1 heterocycles. The molecule has 0 saturated heterocycles. The van der Waals surface area contributed by atoms with Gasteiger partial charge in [0.25, 0.3) is 0 Å². The number of nitrogens with one attached hydrogen (secondary N) is 1. The van der Waals surface area contributed by atoms with Crippen LogP contribution in [0.3, 0.4) is 0 Å². The Morgan fingerprint density at radius 1 is 1.15 bits per heavy atom. The number of aromatic nitrogens is 3. The Morgan fingerprint density at radius 3 is 2.55 bits per heavy atom. The standard InChI is InChI=1S/C25H30N4O3S/c1-6-14-29-24(19(5)32-22-11-8-17(3)18(4)15-22)27-28-25(29)33-16-23(30)26-20-9-12-21(13-10-20)31-7-2/h6,8-13,15,19H,1,7,14,16H2,2-5H3,(H,26,30). The summed E-state index contributed by atoms with van der Waals surface area (Å²) in [6.07, 6.45) is 1.46. The van der Waals surface area contributed by atoms with Crippen LogP contribution in [0.5, 0.6) is 11.5 Å². The molecule has 1 N–H and O–H groups in total. The zero-order chi connectivity index (χ0) is 23.8. The maximum absolute atomic E-state index is 12.4. The van der Waals surface area contributed by atoms with E-state index in [9.17, 15) is 4.79 Å². The Balaban J connectivity index is 1.63. The zero-order valence-electron chi connectivity index (χ0n) is 19.5. The second-order valence-corrected chi connectivity index (χ2v) is 8.48. The Hall–Kier alpha value is -3.26. The number of thioether (sulfide) groups is 1. The van der Waals surface area contributed by atoms with Crippen molar-refractivity contribution in [1.29, 1.82) is 0 Å². The predicted octanol–water partition coefficient (Wildman–Crippen LogP) is 5.35. The van der Waals surface area contributed by atoms with Crippen LogP contribution in [-0.2, 0) is 11.3 Å². The first-order valence-electron chi connectivity index (χ1n) is 10.8. The maximum atomic E-state index is 12.4. The Kier molecular flexibility index (Phi) is 8.54. The molecule has 1 unspecified atom stereocenters. The number of benzene rings is 2. The number of aryl methyl sites for hydroxylation is 2. The molecule has 0 saturated carbocycles. The summed E-state index contributed by atoms with van der Waals surface area (Å²) in [4.78, 5) is 12.4. The van der Waals surface area contributed by atoms with E-state index >= 15 is 0 Å². The van der Waals surface area contributed by atoms with Gasteiger partial charge >= 0.3 is 0 Å². The average Bonchev–Trinajstić information content (AvgIpc) is 3.19. The van der Waals surface area contributed by atoms with Gasteiger partial charge in [0.2, 0.25) is 5.91 Å². The van der Waals surface area contributed by atoms with Gasteiger partial charge in [0.15, 0.2) is 17.1 Å². The minimum Gasteiger partial charge on any atom is -0.494 e. The third-order valence-electron chi connectivity index (χ3n) is 4.99. The minimum atomic E-state index is -0.313. The lowest BCUT2D eigenvalue weighted by Crippen LogP contribution is -2.15. The van der Waals surface area contributed by atoms with Crippen molar-refractivity contribution in [2.45, 2.75) is 45.5 Å². The van der Waals surface area contributed by atoms with Gasteiger partial charge in [-0.15, -0.1) is 16.8 Å². The van der Waals surface area contributed by atoms with Crippen LogP contribution in [0.2, 0.25) is 0 Å². The molecule has 0 radical (unpaired) electrons. The number of amides is 1. The van der Waals surface area contributed by atoms with E-state index in [1.165, 1.54) is 22.9 Å². The highest BCUT2D eigenvalue weighted by molar-refractivity contribution is 7.99. The van der Waals surface area contributed by atoms with Gasteiger partial charge in [0.05, 0.1) is 12.4 Å². The summed E-state index contributed by atoms with van der Waals surface area (Å²) < 4.78 is 13.5. The lowest BCUT2D eigenvalue weighted by atomic mass is 10.1. The van der Waals surface area contributed by atoms with Crippen LogP contribution in [0.25, 0.3) is 0 Å². The third-order valence-corrected chi connectivity index (χ3v) is 5.96. The number of allylic oxidation sites excluding steroid dienone is 1. The van der Waals surface area contributed by atoms with Gasteiger partial charge in [-0.2, -0.15) is 0 Å². The van der Waals surface area contributed by atoms with Gasteiger partial charge < -0.3 is 14.8 Å². The molecule has 0 spiro atoms. The molecule has 8 heteroatoms. The van der Waals surface area contributed by atoms with Crippen molar-refractivity contribution in [2.24, 2.45) is 0 Å². The number of nitrogens with zero attached hydrogens (tertiary/aromatic N) is 3. The molecule has 2 aromatic carbocycles. The van der Waals surface area contributed by atoms with E-state index in [0.29, 0.717) is 29.8 Å². The highest BCUT2D eigenvalue weighted by atomic mass is 32.2. The fourth-order valence-corrected chi connectivity index (χ4v) is 3.94. The monoisotopic (exact) mass is 466 g/mol. The third kappa shape index (κ3) is 6.61. The van der Waals surface area contributed by atoms with E-state index in [-0.39, 0.29) is 17.8 Å². The van der Waals surface area contributed by atoms with Crippen LogP contribution in [0, 0.1) is 13.8 Å². The van der Waals surface area contributed by atoms with Gasteiger partial charge in [-0.25, -0.2) is 0 Å². The second kappa shape index (κ2) is 11.6. The SMILES string of the molecule is C=CCn1c(SCC(=O)Nc2ccc(OCC)cc2)nnc1C(C)Oc1ccc(C)c(C)c1. The van der Waals surface area contributed by atoms with Crippen molar-refractivity contribution >= 4 is 23.4 Å². The number of hydrogen-bond acceptors (Lipinski definition) is 6. The molecule has 33 heavy (non-hydrogen) atoms. The van der Waals surface area contributed by atoms with Crippen LogP contribution >= 0.6 is 11.8 Å². The molecular weight excluding hydrogens is 436 g/mol. The summed E-state index contributed by atoms with van der Waals surface area (Å²) in [5.41, 5.74) is 3.10. The van der Waals surface area contributed by atoms with Crippen molar-refractivity contribution in [1.82, 2.24) is 14.8 Å². The van der Waals surface area contributed by atoms with Crippen molar-refractivity contribution in [3.8, 4) is 11.5 Å². The molecule has 1 amide bonds. The number of hydrogen-bond donors (Lipinski definition) is 1. The second-order valence-electron chi connectivity index (χ2n) is 7.54. The van der Waals surface area contributed by atoms with E-state index in [1.807, 2.05) is 60.9 Å². The lowest BCUT2D eigenvalue weighted by molar-refractivity contribution is -0.113. The van der Waals surface area contributed by atoms with Crippen molar-refractivity contribution in [2.75, 3.05) is 17.7 Å². The van der Waals surface area contributed by atoms with Gasteiger partial charge in [-0.3, -0.25) is 9.36 Å². The zero-order valence-corrected chi connectivity index (χ0v) is 20.3. The fourth-order valence-electron chi connectivity index (χ4n) is 3.18. The van der Waals surface area contributed by atoms with E-state index in [0.717, 1.165) is 11.5 Å². The van der Waals surface area contributed by atoms with Crippen LogP contribution in [0.1, 0.15) is 36.9 Å². The fraction of sp³-hybridized carbons (Fsp3) is 0.320. The molecule has 7 nitrogen and oxygen atoms in total.